The van der Waals surface area contributed by atoms with Crippen molar-refractivity contribution in [2.45, 2.75) is 25.8 Å². The van der Waals surface area contributed by atoms with Gasteiger partial charge in [-0.15, -0.1) is 0 Å². The molecule has 0 radical (unpaired) electrons. The molecule has 0 spiro atoms. The maximum Gasteiger partial charge on any atom is 0.246 e. The number of fused-ring (bicyclic) bond motifs is 1. The summed E-state index contributed by atoms with van der Waals surface area (Å²) in [5.74, 6) is 8.99. The van der Waals surface area contributed by atoms with Gasteiger partial charge in [-0.05, 0) is 61.6 Å². The lowest BCUT2D eigenvalue weighted by atomic mass is 9.91. The lowest BCUT2D eigenvalue weighted by Gasteiger charge is -2.35. The van der Waals surface area contributed by atoms with Gasteiger partial charge >= 0.3 is 0 Å². The van der Waals surface area contributed by atoms with Gasteiger partial charge in [0.2, 0.25) is 5.91 Å². The summed E-state index contributed by atoms with van der Waals surface area (Å²) in [6.07, 6.45) is 4.50. The molecule has 186 valence electrons. The zero-order valence-electron chi connectivity index (χ0n) is 21.0. The van der Waals surface area contributed by atoms with Gasteiger partial charge in [-0.1, -0.05) is 42.8 Å². The van der Waals surface area contributed by atoms with E-state index >= 15 is 0 Å². The Balaban J connectivity index is 1.50. The first-order valence-electron chi connectivity index (χ1n) is 12.3. The molecule has 1 aliphatic rings. The van der Waals surface area contributed by atoms with E-state index in [0.717, 1.165) is 52.2 Å². The predicted molar refractivity (Wildman–Crippen MR) is 146 cm³/mol. The van der Waals surface area contributed by atoms with E-state index in [1.807, 2.05) is 71.1 Å². The summed E-state index contributed by atoms with van der Waals surface area (Å²) in [6, 6.07) is 17.7. The molecule has 1 aliphatic heterocycles. The number of amides is 1. The van der Waals surface area contributed by atoms with Gasteiger partial charge in [0, 0.05) is 31.1 Å². The van der Waals surface area contributed by atoms with Gasteiger partial charge in [-0.2, -0.15) is 0 Å². The molecule has 7 heteroatoms. The Morgan fingerprint density at radius 3 is 2.57 bits per heavy atom. The van der Waals surface area contributed by atoms with Crippen molar-refractivity contribution in [1.29, 1.82) is 0 Å². The number of carbonyl (C=O) groups excluding carboxylic acids is 1. The minimum absolute atomic E-state index is 0.0244. The number of ether oxygens (including phenoxy) is 1. The van der Waals surface area contributed by atoms with Crippen LogP contribution >= 0.6 is 0 Å². The number of likely N-dealkylation sites (tertiary alicyclic amines) is 1. The highest BCUT2D eigenvalue weighted by Crippen LogP contribution is 2.37. The number of nitrogens with zero attached hydrogens (tertiary/aromatic N) is 4. The molecule has 1 amide bonds. The number of aromatic nitrogens is 3. The third kappa shape index (κ3) is 4.78. The van der Waals surface area contributed by atoms with Crippen molar-refractivity contribution in [3.8, 4) is 34.5 Å². The average Bonchev–Trinajstić information content (AvgIpc) is 3.20. The summed E-state index contributed by atoms with van der Waals surface area (Å²) >= 11 is 0. The fraction of sp³-hybridized carbons (Fsp3) is 0.233. The first-order valence-corrected chi connectivity index (χ1v) is 12.3. The van der Waals surface area contributed by atoms with Crippen molar-refractivity contribution in [3.63, 3.8) is 0 Å². The number of aryl methyl sites for hydroxylation is 1. The lowest BCUT2D eigenvalue weighted by molar-refractivity contribution is -0.129. The summed E-state index contributed by atoms with van der Waals surface area (Å²) in [6.45, 7) is 6.35. The van der Waals surface area contributed by atoms with Crippen molar-refractivity contribution in [1.82, 2.24) is 19.4 Å². The molecule has 2 N–H and O–H groups in total. The molecule has 0 unspecified atom stereocenters. The van der Waals surface area contributed by atoms with Crippen LogP contribution in [0.25, 0.3) is 22.2 Å². The Bertz CT molecular complexity index is 1510. The minimum Gasteiger partial charge on any atom is -0.457 e. The number of anilines is 1. The van der Waals surface area contributed by atoms with Crippen LogP contribution in [-0.2, 0) is 11.8 Å². The predicted octanol–water partition coefficient (Wildman–Crippen LogP) is 5.17. The zero-order chi connectivity index (χ0) is 25.9. The number of carbonyl (C=O) groups is 1. The van der Waals surface area contributed by atoms with Crippen molar-refractivity contribution < 1.29 is 9.53 Å². The van der Waals surface area contributed by atoms with E-state index in [-0.39, 0.29) is 17.9 Å². The van der Waals surface area contributed by atoms with Gasteiger partial charge < -0.3 is 19.9 Å². The van der Waals surface area contributed by atoms with Gasteiger partial charge in [-0.3, -0.25) is 4.79 Å². The van der Waals surface area contributed by atoms with Gasteiger partial charge in [0.15, 0.2) is 0 Å². The first-order chi connectivity index (χ1) is 18.0. The maximum absolute atomic E-state index is 12.1. The summed E-state index contributed by atoms with van der Waals surface area (Å²) in [7, 11) is 1.95. The van der Waals surface area contributed by atoms with Crippen LogP contribution < -0.4 is 10.5 Å². The molecule has 0 aliphatic carbocycles. The fourth-order valence-corrected chi connectivity index (χ4v) is 4.94. The van der Waals surface area contributed by atoms with E-state index in [4.69, 9.17) is 10.5 Å². The second-order valence-electron chi connectivity index (χ2n) is 9.26. The number of para-hydroxylation sites is 1. The molecule has 0 saturated carbocycles. The van der Waals surface area contributed by atoms with Crippen LogP contribution in [0.4, 0.5) is 5.82 Å². The monoisotopic (exact) mass is 491 g/mol. The SMILES string of the molecule is C=CC(=O)N1CC[C@H](C#Cc2c(-c3ccc(Oc4ccccc4)cc3)c3c(N)ncnc3n2C)C[C@@H]1C. The summed E-state index contributed by atoms with van der Waals surface area (Å²) in [5.41, 5.74) is 9.76. The Morgan fingerprint density at radius 1 is 1.14 bits per heavy atom. The van der Waals surface area contributed by atoms with Crippen LogP contribution in [0.3, 0.4) is 0 Å². The highest BCUT2D eigenvalue weighted by molar-refractivity contribution is 6.03. The molecule has 1 saturated heterocycles. The second kappa shape index (κ2) is 10.2. The maximum atomic E-state index is 12.1. The van der Waals surface area contributed by atoms with Crippen LogP contribution in [0.2, 0.25) is 0 Å². The largest absolute Gasteiger partial charge is 0.457 e. The number of nitrogens with two attached hydrogens (primary N) is 1. The number of nitrogen functional groups attached to an aromatic ring is 1. The molecule has 3 heterocycles. The third-order valence-corrected chi connectivity index (χ3v) is 6.85. The van der Waals surface area contributed by atoms with Crippen LogP contribution in [0.5, 0.6) is 11.5 Å². The molecule has 0 bridgehead atoms. The van der Waals surface area contributed by atoms with E-state index < -0.39 is 0 Å². The number of hydrogen-bond donors (Lipinski definition) is 1. The molecule has 1 fully saturated rings. The molecule has 5 rings (SSSR count). The van der Waals surface area contributed by atoms with Gasteiger partial charge in [-0.25, -0.2) is 9.97 Å². The molecule has 2 atom stereocenters. The standard InChI is InChI=1S/C30H29N5O2/c1-4-26(36)35-17-16-21(18-20(35)2)10-15-25-27(28-29(31)32-19-33-30(28)34(25)3)22-11-13-24(14-12-22)37-23-8-6-5-7-9-23/h4-9,11-14,19-21H,1,16-18H2,2-3H3,(H2,31,32,33)/t20-,21-/m0/s1. The topological polar surface area (TPSA) is 86.3 Å². The summed E-state index contributed by atoms with van der Waals surface area (Å²) in [5, 5.41) is 0.783. The summed E-state index contributed by atoms with van der Waals surface area (Å²) in [4.78, 5) is 22.7. The van der Waals surface area contributed by atoms with E-state index in [2.05, 4.69) is 35.3 Å². The highest BCUT2D eigenvalue weighted by Gasteiger charge is 2.27. The molecule has 2 aromatic carbocycles. The Hall–Kier alpha value is -4.57. The fourth-order valence-electron chi connectivity index (χ4n) is 4.94. The van der Waals surface area contributed by atoms with Crippen LogP contribution in [0.1, 0.15) is 25.5 Å². The zero-order valence-corrected chi connectivity index (χ0v) is 21.0. The van der Waals surface area contributed by atoms with E-state index in [1.54, 1.807) is 0 Å². The first kappa shape index (κ1) is 24.1. The second-order valence-corrected chi connectivity index (χ2v) is 9.26. The molecule has 2 aromatic heterocycles. The van der Waals surface area contributed by atoms with E-state index in [0.29, 0.717) is 12.4 Å². The van der Waals surface area contributed by atoms with E-state index in [1.165, 1.54) is 12.4 Å². The summed E-state index contributed by atoms with van der Waals surface area (Å²) < 4.78 is 7.95. The van der Waals surface area contributed by atoms with Crippen LogP contribution in [0, 0.1) is 17.8 Å². The van der Waals surface area contributed by atoms with Crippen molar-refractivity contribution in [2.24, 2.45) is 13.0 Å². The number of benzene rings is 2. The van der Waals surface area contributed by atoms with Crippen LogP contribution in [-0.4, -0.2) is 37.9 Å². The normalized spacial score (nSPS) is 17.2. The Kier molecular flexibility index (Phi) is 6.65. The third-order valence-electron chi connectivity index (χ3n) is 6.85. The number of rotatable bonds is 4. The van der Waals surface area contributed by atoms with Gasteiger partial charge in [0.05, 0.1) is 5.39 Å². The van der Waals surface area contributed by atoms with E-state index in [9.17, 15) is 4.79 Å². The van der Waals surface area contributed by atoms with Crippen LogP contribution in [0.15, 0.2) is 73.6 Å². The molecule has 7 nitrogen and oxygen atoms in total. The Morgan fingerprint density at radius 2 is 1.86 bits per heavy atom. The molecule has 37 heavy (non-hydrogen) atoms. The van der Waals surface area contributed by atoms with Gasteiger partial charge in [0.25, 0.3) is 0 Å². The minimum atomic E-state index is -0.0244. The number of hydrogen-bond acceptors (Lipinski definition) is 5. The molecular weight excluding hydrogens is 462 g/mol. The van der Waals surface area contributed by atoms with Crippen molar-refractivity contribution in [2.75, 3.05) is 12.3 Å². The van der Waals surface area contributed by atoms with Gasteiger partial charge in [0.1, 0.15) is 35.0 Å². The smallest absolute Gasteiger partial charge is 0.246 e. The lowest BCUT2D eigenvalue weighted by Crippen LogP contribution is -2.43. The Labute approximate surface area is 216 Å². The quantitative estimate of drug-likeness (QED) is 0.314. The molecular formula is C30H29N5O2. The number of piperidine rings is 1. The average molecular weight is 492 g/mol. The highest BCUT2D eigenvalue weighted by atomic mass is 16.5. The van der Waals surface area contributed by atoms with Crippen molar-refractivity contribution >= 4 is 22.8 Å². The molecule has 4 aromatic rings. The van der Waals surface area contributed by atoms with Crippen molar-refractivity contribution in [3.05, 3.63) is 79.3 Å².